The highest BCUT2D eigenvalue weighted by Crippen LogP contribution is 2.64. The first-order chi connectivity index (χ1) is 45.0. The number of fused-ring (bicyclic) bond motifs is 6. The minimum Gasteiger partial charge on any atom is -0.455 e. The topological polar surface area (TPSA) is 323 Å². The molecular formula is C70H82ClN5O20. The number of esters is 4. The van der Waals surface area contributed by atoms with Gasteiger partial charge in [0.25, 0.3) is 5.91 Å². The molecule has 0 unspecified atom stereocenters. The third kappa shape index (κ3) is 15.2. The van der Waals surface area contributed by atoms with E-state index in [1.807, 2.05) is 38.0 Å². The van der Waals surface area contributed by atoms with Gasteiger partial charge in [0.1, 0.15) is 42.1 Å². The van der Waals surface area contributed by atoms with E-state index in [9.17, 15) is 48.6 Å². The zero-order valence-corrected chi connectivity index (χ0v) is 56.0. The van der Waals surface area contributed by atoms with Crippen molar-refractivity contribution < 1.29 is 90.9 Å². The van der Waals surface area contributed by atoms with Gasteiger partial charge in [0.05, 0.1) is 42.7 Å². The number of ketones is 2. The Morgan fingerprint density at radius 1 is 0.771 bits per heavy atom. The van der Waals surface area contributed by atoms with Crippen molar-refractivity contribution in [2.75, 3.05) is 72.4 Å². The average molecular weight is 1350 g/mol. The number of Topliss-reactive ketones (excluding diaryl/α,β-unsaturated/α-hetero) is 2. The summed E-state index contributed by atoms with van der Waals surface area (Å²) in [5.41, 5.74) is -8.63. The predicted molar refractivity (Wildman–Crippen MR) is 348 cm³/mol. The van der Waals surface area contributed by atoms with Gasteiger partial charge in [-0.05, 0) is 95.1 Å². The van der Waals surface area contributed by atoms with Gasteiger partial charge in [-0.2, -0.15) is 0 Å². The van der Waals surface area contributed by atoms with Gasteiger partial charge >= 0.3 is 35.7 Å². The average Bonchev–Trinajstić information content (AvgIpc) is 0.670. The van der Waals surface area contributed by atoms with Gasteiger partial charge in [-0.3, -0.25) is 28.8 Å². The van der Waals surface area contributed by atoms with Crippen molar-refractivity contribution in [2.45, 2.75) is 121 Å². The molecule has 514 valence electrons. The Hall–Kier alpha value is -8.85. The van der Waals surface area contributed by atoms with E-state index >= 15 is 9.59 Å². The molecule has 0 spiro atoms. The van der Waals surface area contributed by atoms with Crippen LogP contribution in [-0.2, 0) is 68.5 Å². The number of ether oxygens (including phenoxy) is 7. The first kappa shape index (κ1) is 73.0. The van der Waals surface area contributed by atoms with E-state index < -0.39 is 138 Å². The number of nitrogens with one attached hydrogen (secondary N) is 2. The Bertz CT molecular complexity index is 3830. The third-order valence-electron chi connectivity index (χ3n) is 18.6. The standard InChI is InChI=1S/C70H81N5O20.ClH/c1-40-51(35-70(87)62(94-64(84)45-24-18-13-19-25-45)60-68(6,52(79)34-53-69(60,39-89-53)95-42(3)77)61(82)58(90-41(2)76)56(40)67(70,4)5)92-65(85)59(57(43-20-14-11-15-21-43)72-63(83)44-22-16-12-17-23-44)93-66(86)88-38-46-32-55(81)91-50-33-47(26-27-49(46)50)75(36-48(78)28-30-73(7)8)37-54(80)71-29-31-74(9)10;/h11-27,32-33,51-53,57-60,62,79,87H,28-31,34-39H2,1-10H3,(H,71,80)(H,72,83);1H/t51-,52-,53+,57-,58+,59+,60-,62-,68+,69-,70+;/m0./s1. The molecule has 9 rings (SSSR count). The molecule has 1 aliphatic heterocycles. The molecule has 4 N–H and O–H groups in total. The summed E-state index contributed by atoms with van der Waals surface area (Å²) in [5.74, 6) is -8.10. The second kappa shape index (κ2) is 30.1. The first-order valence-corrected chi connectivity index (χ1v) is 31.2. The molecule has 2 bridgehead atoms. The molecule has 3 fully saturated rings. The molecule has 11 atom stereocenters. The van der Waals surface area contributed by atoms with Crippen LogP contribution in [0, 0.1) is 16.7 Å². The van der Waals surface area contributed by atoms with Crippen LogP contribution >= 0.6 is 12.4 Å². The van der Waals surface area contributed by atoms with Crippen molar-refractivity contribution in [2.24, 2.45) is 16.7 Å². The lowest BCUT2D eigenvalue weighted by Gasteiger charge is -2.67. The number of benzene rings is 4. The maximum absolute atomic E-state index is 16.0. The molecule has 4 aliphatic rings. The third-order valence-corrected chi connectivity index (χ3v) is 18.6. The van der Waals surface area contributed by atoms with Crippen molar-refractivity contribution in [3.05, 3.63) is 159 Å². The Morgan fingerprint density at radius 3 is 2.01 bits per heavy atom. The van der Waals surface area contributed by atoms with Gasteiger partial charge < -0.3 is 73.1 Å². The van der Waals surface area contributed by atoms with E-state index in [2.05, 4.69) is 10.6 Å². The Labute approximate surface area is 561 Å². The van der Waals surface area contributed by atoms with Gasteiger partial charge in [0.2, 0.25) is 12.0 Å². The SMILES string of the molecule is CC(=O)O[C@H]1C(=O)[C@@]2(C)[C@H]([C@H](OC(=O)c3ccccc3)[C@]3(O)C[C@H](OC(=O)[C@H](OC(=O)OCc4cc(=O)oc5cc(N(CC(=O)CCN(C)C)CC(=O)NCCN(C)C)ccc45)[C@@H](NC(=O)c4ccccc4)c4ccccc4)C(C)=C1C3(C)C)[C@]1(OC(C)=O)CO[C@@H]1C[C@@H]2O.Cl. The number of halogens is 1. The molecule has 96 heavy (non-hydrogen) atoms. The smallest absolute Gasteiger partial charge is 0.455 e. The minimum atomic E-state index is -2.57. The molecule has 2 heterocycles. The van der Waals surface area contributed by atoms with Gasteiger partial charge in [-0.15, -0.1) is 12.4 Å². The molecule has 1 saturated heterocycles. The van der Waals surface area contributed by atoms with Crippen molar-refractivity contribution in [3.8, 4) is 0 Å². The molecule has 1 aromatic heterocycles. The van der Waals surface area contributed by atoms with Crippen LogP contribution in [0.25, 0.3) is 11.0 Å². The van der Waals surface area contributed by atoms with Crippen LogP contribution < -0.4 is 21.2 Å². The minimum absolute atomic E-state index is 0. The normalized spacial score (nSPS) is 24.5. The zero-order chi connectivity index (χ0) is 68.9. The summed E-state index contributed by atoms with van der Waals surface area (Å²) in [4.78, 5) is 147. The summed E-state index contributed by atoms with van der Waals surface area (Å²) < 4.78 is 48.5. The maximum atomic E-state index is 16.0. The first-order valence-electron chi connectivity index (χ1n) is 31.2. The number of anilines is 1. The lowest BCUT2D eigenvalue weighted by molar-refractivity contribution is -0.346. The molecular weight excluding hydrogens is 1270 g/mol. The molecule has 25 nitrogen and oxygen atoms in total. The number of hydrogen-bond acceptors (Lipinski definition) is 23. The van der Waals surface area contributed by atoms with Crippen molar-refractivity contribution in [1.82, 2.24) is 20.4 Å². The van der Waals surface area contributed by atoms with Crippen LogP contribution in [0.2, 0.25) is 0 Å². The largest absolute Gasteiger partial charge is 0.509 e. The van der Waals surface area contributed by atoms with Crippen molar-refractivity contribution in [1.29, 1.82) is 0 Å². The van der Waals surface area contributed by atoms with E-state index in [4.69, 9.17) is 37.6 Å². The van der Waals surface area contributed by atoms with E-state index in [0.29, 0.717) is 25.3 Å². The fourth-order valence-corrected chi connectivity index (χ4v) is 13.6. The number of amides is 2. The molecule has 2 saturated carbocycles. The number of likely N-dealkylation sites (N-methyl/N-ethyl adjacent to an activating group) is 1. The summed E-state index contributed by atoms with van der Waals surface area (Å²) in [6.07, 6.45) is -13.0. The number of carbonyl (C=O) groups is 9. The number of rotatable bonds is 24. The van der Waals surface area contributed by atoms with Crippen LogP contribution in [0.5, 0.6) is 0 Å². The molecule has 26 heteroatoms. The van der Waals surface area contributed by atoms with E-state index in [-0.39, 0.29) is 94.4 Å². The molecule has 5 aromatic rings. The van der Waals surface area contributed by atoms with Crippen LogP contribution in [-0.4, -0.2) is 189 Å². The van der Waals surface area contributed by atoms with Gasteiger partial charge in [-0.1, -0.05) is 80.6 Å². The van der Waals surface area contributed by atoms with Gasteiger partial charge in [0.15, 0.2) is 23.3 Å². The fourth-order valence-electron chi connectivity index (χ4n) is 13.6. The Balaban J connectivity index is 0.0000118. The monoisotopic (exact) mass is 1350 g/mol. The van der Waals surface area contributed by atoms with Crippen LogP contribution in [0.15, 0.2) is 136 Å². The number of hydrogen-bond donors (Lipinski definition) is 4. The second-order valence-corrected chi connectivity index (χ2v) is 25.9. The molecule has 0 radical (unpaired) electrons. The summed E-state index contributed by atoms with van der Waals surface area (Å²) in [6, 6.07) is 27.6. The van der Waals surface area contributed by atoms with Crippen LogP contribution in [0.4, 0.5) is 10.5 Å². The lowest BCUT2D eigenvalue weighted by atomic mass is 9.44. The maximum Gasteiger partial charge on any atom is 0.509 e. The predicted octanol–water partition coefficient (Wildman–Crippen LogP) is 5.63. The van der Waals surface area contributed by atoms with E-state index in [1.54, 1.807) is 71.6 Å². The van der Waals surface area contributed by atoms with Crippen molar-refractivity contribution in [3.63, 3.8) is 0 Å². The van der Waals surface area contributed by atoms with Crippen molar-refractivity contribution >= 4 is 82.5 Å². The molecule has 2 amide bonds. The number of aliphatic hydroxyl groups excluding tert-OH is 1. The highest BCUT2D eigenvalue weighted by molar-refractivity contribution is 5.97. The summed E-state index contributed by atoms with van der Waals surface area (Å²) >= 11 is 0. The number of aliphatic hydroxyl groups is 2. The van der Waals surface area contributed by atoms with Gasteiger partial charge in [-0.25, -0.2) is 19.2 Å². The quantitative estimate of drug-likeness (QED) is 0.0252. The molecule has 3 aliphatic carbocycles. The zero-order valence-electron chi connectivity index (χ0n) is 55.2. The second-order valence-electron chi connectivity index (χ2n) is 25.9. The highest BCUT2D eigenvalue weighted by atomic mass is 35.5. The summed E-state index contributed by atoms with van der Waals surface area (Å²) in [7, 11) is 7.38. The fraction of sp³-hybridized carbons (Fsp3) is 0.457. The number of carbonyl (C=O) groups excluding carboxylic acids is 9. The Morgan fingerprint density at radius 2 is 1.41 bits per heavy atom. The number of nitrogens with zero attached hydrogens (tertiary/aromatic N) is 3. The van der Waals surface area contributed by atoms with E-state index in [0.717, 1.165) is 19.9 Å². The summed E-state index contributed by atoms with van der Waals surface area (Å²) in [6.45, 7) is 7.92. The highest BCUT2D eigenvalue weighted by Gasteiger charge is 2.78. The summed E-state index contributed by atoms with van der Waals surface area (Å²) in [5, 5.41) is 32.5. The van der Waals surface area contributed by atoms with Crippen LogP contribution in [0.1, 0.15) is 98.7 Å². The lowest BCUT2D eigenvalue weighted by Crippen LogP contribution is -2.82. The van der Waals surface area contributed by atoms with Gasteiger partial charge in [0, 0.05) is 92.5 Å². The van der Waals surface area contributed by atoms with Crippen LogP contribution in [0.3, 0.4) is 0 Å². The van der Waals surface area contributed by atoms with E-state index in [1.165, 1.54) is 70.2 Å². The Kier molecular flexibility index (Phi) is 22.8. The molecule has 4 aromatic carbocycles.